The molecule has 2 aromatic rings. The molecule has 0 aliphatic carbocycles. The van der Waals surface area contributed by atoms with Crippen LogP contribution in [0.1, 0.15) is 30.3 Å². The Balaban J connectivity index is 1.81. The van der Waals surface area contributed by atoms with Crippen LogP contribution in [0.25, 0.3) is 11.4 Å². The number of methoxy groups -OCH3 is 1. The summed E-state index contributed by atoms with van der Waals surface area (Å²) in [6, 6.07) is 0. The molecule has 0 aromatic carbocycles. The zero-order valence-electron chi connectivity index (χ0n) is 14.4. The minimum atomic E-state index is 0.0357. The number of carbonyl (C=O) groups excluding carboxylic acids is 1. The first-order chi connectivity index (χ1) is 11.6. The molecule has 1 aliphatic heterocycles. The van der Waals surface area contributed by atoms with Crippen molar-refractivity contribution in [1.82, 2.24) is 24.4 Å². The van der Waals surface area contributed by atoms with Gasteiger partial charge in [-0.1, -0.05) is 0 Å². The number of aromatic nitrogens is 4. The van der Waals surface area contributed by atoms with E-state index in [2.05, 4.69) is 9.97 Å². The van der Waals surface area contributed by atoms with E-state index in [4.69, 9.17) is 9.72 Å². The number of imidazole rings is 1. The largest absolute Gasteiger partial charge is 0.375 e. The molecule has 0 N–H and O–H groups in total. The van der Waals surface area contributed by atoms with E-state index >= 15 is 0 Å². The van der Waals surface area contributed by atoms with Crippen molar-refractivity contribution in [3.05, 3.63) is 30.1 Å². The van der Waals surface area contributed by atoms with E-state index in [0.717, 1.165) is 42.3 Å². The zero-order valence-corrected chi connectivity index (χ0v) is 14.4. The number of carbonyl (C=O) groups is 1. The summed E-state index contributed by atoms with van der Waals surface area (Å²) in [6.45, 7) is 3.55. The molecule has 1 atom stereocenters. The first-order valence-corrected chi connectivity index (χ1v) is 8.17. The number of aryl methyl sites for hydroxylation is 1. The summed E-state index contributed by atoms with van der Waals surface area (Å²) in [6.07, 6.45) is 7.37. The van der Waals surface area contributed by atoms with Crippen LogP contribution in [0.3, 0.4) is 0 Å². The van der Waals surface area contributed by atoms with Gasteiger partial charge in [0.05, 0.1) is 23.8 Å². The second-order valence-electron chi connectivity index (χ2n) is 6.19. The van der Waals surface area contributed by atoms with Gasteiger partial charge in [0.1, 0.15) is 18.1 Å². The van der Waals surface area contributed by atoms with E-state index in [-0.39, 0.29) is 18.4 Å². The maximum Gasteiger partial charge on any atom is 0.248 e. The van der Waals surface area contributed by atoms with Gasteiger partial charge in [0, 0.05) is 39.4 Å². The Hall–Kier alpha value is -2.28. The van der Waals surface area contributed by atoms with E-state index < -0.39 is 0 Å². The second kappa shape index (κ2) is 7.09. The molecule has 1 fully saturated rings. The van der Waals surface area contributed by atoms with Crippen LogP contribution in [-0.2, 0) is 16.6 Å². The van der Waals surface area contributed by atoms with Gasteiger partial charge < -0.3 is 14.2 Å². The van der Waals surface area contributed by atoms with Crippen molar-refractivity contribution in [2.45, 2.75) is 25.7 Å². The Morgan fingerprint density at radius 3 is 2.92 bits per heavy atom. The molecular weight excluding hydrogens is 306 g/mol. The standard InChI is InChI=1S/C17H23N5O2/c1-12-19-9-16(21(12)2)15-8-18-7-14(20-15)13-5-4-6-22(10-13)17(23)11-24-3/h7-9,13H,4-6,10-11H2,1-3H3. The quantitative estimate of drug-likeness (QED) is 0.851. The summed E-state index contributed by atoms with van der Waals surface area (Å²) in [5, 5.41) is 0. The Morgan fingerprint density at radius 2 is 2.21 bits per heavy atom. The van der Waals surface area contributed by atoms with Gasteiger partial charge in [-0.05, 0) is 19.8 Å². The van der Waals surface area contributed by atoms with Crippen LogP contribution in [0.2, 0.25) is 0 Å². The number of hydrogen-bond acceptors (Lipinski definition) is 5. The third-order valence-electron chi connectivity index (χ3n) is 4.60. The summed E-state index contributed by atoms with van der Waals surface area (Å²) in [4.78, 5) is 27.4. The lowest BCUT2D eigenvalue weighted by Gasteiger charge is -2.32. The summed E-state index contributed by atoms with van der Waals surface area (Å²) >= 11 is 0. The summed E-state index contributed by atoms with van der Waals surface area (Å²) in [5.41, 5.74) is 2.70. The smallest absolute Gasteiger partial charge is 0.248 e. The molecular formula is C17H23N5O2. The molecule has 2 aromatic heterocycles. The van der Waals surface area contributed by atoms with Crippen LogP contribution < -0.4 is 0 Å². The predicted molar refractivity (Wildman–Crippen MR) is 89.4 cm³/mol. The van der Waals surface area contributed by atoms with E-state index in [1.54, 1.807) is 13.3 Å². The first kappa shape index (κ1) is 16.6. The van der Waals surface area contributed by atoms with Crippen LogP contribution in [0.4, 0.5) is 0 Å². The van der Waals surface area contributed by atoms with E-state index in [1.807, 2.05) is 35.8 Å². The number of ether oxygens (including phenoxy) is 1. The molecule has 1 unspecified atom stereocenters. The molecule has 1 amide bonds. The average Bonchev–Trinajstić information content (AvgIpc) is 2.94. The minimum Gasteiger partial charge on any atom is -0.375 e. The molecule has 0 radical (unpaired) electrons. The molecule has 1 aliphatic rings. The number of nitrogens with zero attached hydrogens (tertiary/aromatic N) is 5. The summed E-state index contributed by atoms with van der Waals surface area (Å²) in [5.74, 6) is 1.18. The molecule has 3 heterocycles. The Morgan fingerprint density at radius 1 is 1.38 bits per heavy atom. The highest BCUT2D eigenvalue weighted by Gasteiger charge is 2.26. The predicted octanol–water partition coefficient (Wildman–Crippen LogP) is 1.54. The zero-order chi connectivity index (χ0) is 17.1. The number of hydrogen-bond donors (Lipinski definition) is 0. The van der Waals surface area contributed by atoms with Crippen LogP contribution >= 0.6 is 0 Å². The van der Waals surface area contributed by atoms with Crippen molar-refractivity contribution in [1.29, 1.82) is 0 Å². The van der Waals surface area contributed by atoms with Crippen LogP contribution in [0.15, 0.2) is 18.6 Å². The van der Waals surface area contributed by atoms with Crippen molar-refractivity contribution in [2.24, 2.45) is 7.05 Å². The number of rotatable bonds is 4. The van der Waals surface area contributed by atoms with Gasteiger partial charge in [0.2, 0.25) is 5.91 Å². The molecule has 24 heavy (non-hydrogen) atoms. The van der Waals surface area contributed by atoms with Gasteiger partial charge in [-0.3, -0.25) is 9.78 Å². The third kappa shape index (κ3) is 3.31. The van der Waals surface area contributed by atoms with Gasteiger partial charge in [0.15, 0.2) is 0 Å². The minimum absolute atomic E-state index is 0.0357. The highest BCUT2D eigenvalue weighted by Crippen LogP contribution is 2.27. The topological polar surface area (TPSA) is 73.1 Å². The highest BCUT2D eigenvalue weighted by atomic mass is 16.5. The van der Waals surface area contributed by atoms with Crippen LogP contribution in [0.5, 0.6) is 0 Å². The van der Waals surface area contributed by atoms with Gasteiger partial charge >= 0.3 is 0 Å². The van der Waals surface area contributed by atoms with Gasteiger partial charge in [0.25, 0.3) is 0 Å². The summed E-state index contributed by atoms with van der Waals surface area (Å²) < 4.78 is 6.96. The van der Waals surface area contributed by atoms with Crippen molar-refractivity contribution in [3.63, 3.8) is 0 Å². The number of piperidine rings is 1. The molecule has 7 nitrogen and oxygen atoms in total. The van der Waals surface area contributed by atoms with E-state index in [1.165, 1.54) is 0 Å². The van der Waals surface area contributed by atoms with Gasteiger partial charge in [-0.2, -0.15) is 0 Å². The van der Waals surface area contributed by atoms with E-state index in [0.29, 0.717) is 6.54 Å². The van der Waals surface area contributed by atoms with Crippen molar-refractivity contribution in [2.75, 3.05) is 26.8 Å². The van der Waals surface area contributed by atoms with Gasteiger partial charge in [-0.15, -0.1) is 0 Å². The third-order valence-corrected chi connectivity index (χ3v) is 4.60. The van der Waals surface area contributed by atoms with E-state index in [9.17, 15) is 4.79 Å². The van der Waals surface area contributed by atoms with Crippen molar-refractivity contribution in [3.8, 4) is 11.4 Å². The van der Waals surface area contributed by atoms with Crippen molar-refractivity contribution < 1.29 is 9.53 Å². The first-order valence-electron chi connectivity index (χ1n) is 8.17. The summed E-state index contributed by atoms with van der Waals surface area (Å²) in [7, 11) is 3.52. The maximum atomic E-state index is 12.1. The fraction of sp³-hybridized carbons (Fsp3) is 0.529. The molecule has 0 bridgehead atoms. The molecule has 0 saturated carbocycles. The Bertz CT molecular complexity index is 728. The fourth-order valence-electron chi connectivity index (χ4n) is 3.10. The lowest BCUT2D eigenvalue weighted by molar-refractivity contribution is -0.136. The normalized spacial score (nSPS) is 18.0. The number of likely N-dealkylation sites (tertiary alicyclic amines) is 1. The van der Waals surface area contributed by atoms with Crippen LogP contribution in [-0.4, -0.2) is 57.1 Å². The maximum absolute atomic E-state index is 12.1. The van der Waals surface area contributed by atoms with Gasteiger partial charge in [-0.25, -0.2) is 9.97 Å². The fourth-order valence-corrected chi connectivity index (χ4v) is 3.10. The lowest BCUT2D eigenvalue weighted by atomic mass is 9.95. The molecule has 1 saturated heterocycles. The molecule has 7 heteroatoms. The Labute approximate surface area is 141 Å². The van der Waals surface area contributed by atoms with Crippen molar-refractivity contribution >= 4 is 5.91 Å². The Kier molecular flexibility index (Phi) is 4.89. The molecule has 128 valence electrons. The average molecular weight is 329 g/mol. The highest BCUT2D eigenvalue weighted by molar-refractivity contribution is 5.77. The second-order valence-corrected chi connectivity index (χ2v) is 6.19. The molecule has 3 rings (SSSR count). The monoisotopic (exact) mass is 329 g/mol. The lowest BCUT2D eigenvalue weighted by Crippen LogP contribution is -2.41. The number of amides is 1. The molecule has 0 spiro atoms. The SMILES string of the molecule is COCC(=O)N1CCCC(c2cncc(-c3cnc(C)n3C)n2)C1. The van der Waals surface area contributed by atoms with Crippen LogP contribution in [0, 0.1) is 6.92 Å².